The minimum absolute atomic E-state index is 0.0829. The van der Waals surface area contributed by atoms with E-state index in [0.29, 0.717) is 6.54 Å². The van der Waals surface area contributed by atoms with E-state index in [0.717, 1.165) is 12.1 Å². The van der Waals surface area contributed by atoms with Crippen LogP contribution in [0.5, 0.6) is 5.75 Å². The van der Waals surface area contributed by atoms with Crippen molar-refractivity contribution in [3.05, 3.63) is 34.1 Å². The number of carbonyl (C=O) groups is 1. The molecule has 1 rings (SSSR count). The van der Waals surface area contributed by atoms with Gasteiger partial charge in [-0.1, -0.05) is 6.92 Å². The normalized spacial score (nSPS) is 11.9. The van der Waals surface area contributed by atoms with Gasteiger partial charge in [0.1, 0.15) is 18.4 Å². The standard InChI is InChI=1S/C11H14FN3O4/c1-2-14-9(11(13)16)6-19-7-3-4-10(15(17)18)8(12)5-7/h3-5,9,14H,2,6H2,1H3,(H2,13,16). The fraction of sp³-hybridized carbons (Fsp3) is 0.364. The lowest BCUT2D eigenvalue weighted by Gasteiger charge is -2.15. The summed E-state index contributed by atoms with van der Waals surface area (Å²) in [6, 6.07) is 2.44. The number of nitrogens with one attached hydrogen (secondary N) is 1. The molecule has 8 heteroatoms. The molecule has 0 aliphatic rings. The van der Waals surface area contributed by atoms with Crippen molar-refractivity contribution in [1.29, 1.82) is 0 Å². The van der Waals surface area contributed by atoms with Crippen molar-refractivity contribution in [2.75, 3.05) is 13.2 Å². The monoisotopic (exact) mass is 271 g/mol. The van der Waals surface area contributed by atoms with Gasteiger partial charge in [-0.15, -0.1) is 0 Å². The van der Waals surface area contributed by atoms with Crippen LogP contribution < -0.4 is 15.8 Å². The van der Waals surface area contributed by atoms with E-state index < -0.39 is 28.4 Å². The molecule has 19 heavy (non-hydrogen) atoms. The van der Waals surface area contributed by atoms with Gasteiger partial charge >= 0.3 is 5.69 Å². The Morgan fingerprint density at radius 1 is 1.63 bits per heavy atom. The highest BCUT2D eigenvalue weighted by molar-refractivity contribution is 5.80. The Morgan fingerprint density at radius 3 is 2.79 bits per heavy atom. The predicted molar refractivity (Wildman–Crippen MR) is 65.2 cm³/mol. The number of primary amides is 1. The molecule has 0 saturated heterocycles. The molecule has 7 nitrogen and oxygen atoms in total. The van der Waals surface area contributed by atoms with Gasteiger partial charge in [-0.25, -0.2) is 0 Å². The van der Waals surface area contributed by atoms with Crippen molar-refractivity contribution in [1.82, 2.24) is 5.32 Å². The molecule has 0 spiro atoms. The highest BCUT2D eigenvalue weighted by atomic mass is 19.1. The summed E-state index contributed by atoms with van der Waals surface area (Å²) in [5, 5.41) is 13.2. The van der Waals surface area contributed by atoms with E-state index in [1.165, 1.54) is 6.07 Å². The van der Waals surface area contributed by atoms with E-state index in [1.54, 1.807) is 6.92 Å². The van der Waals surface area contributed by atoms with Crippen molar-refractivity contribution in [2.24, 2.45) is 5.73 Å². The van der Waals surface area contributed by atoms with Crippen molar-refractivity contribution < 1.29 is 18.8 Å². The zero-order valence-electron chi connectivity index (χ0n) is 10.3. The number of likely N-dealkylation sites (N-methyl/N-ethyl adjacent to an activating group) is 1. The molecule has 3 N–H and O–H groups in total. The maximum absolute atomic E-state index is 13.3. The number of benzene rings is 1. The zero-order valence-corrected chi connectivity index (χ0v) is 10.3. The Kier molecular flexibility index (Phi) is 5.19. The van der Waals surface area contributed by atoms with Gasteiger partial charge in [0.05, 0.1) is 4.92 Å². The van der Waals surface area contributed by atoms with Gasteiger partial charge in [0.25, 0.3) is 0 Å². The van der Waals surface area contributed by atoms with Crippen LogP contribution in [0, 0.1) is 15.9 Å². The van der Waals surface area contributed by atoms with Crippen LogP contribution >= 0.6 is 0 Å². The van der Waals surface area contributed by atoms with Crippen molar-refractivity contribution in [2.45, 2.75) is 13.0 Å². The van der Waals surface area contributed by atoms with Crippen LogP contribution in [0.1, 0.15) is 6.92 Å². The SMILES string of the molecule is CCNC(COc1ccc([N+](=O)[O-])c(F)c1)C(N)=O. The molecule has 1 aromatic carbocycles. The molecule has 0 aromatic heterocycles. The molecule has 0 bridgehead atoms. The molecule has 1 unspecified atom stereocenters. The number of halogens is 1. The Hall–Kier alpha value is -2.22. The lowest BCUT2D eigenvalue weighted by atomic mass is 10.2. The zero-order chi connectivity index (χ0) is 14.4. The fourth-order valence-electron chi connectivity index (χ4n) is 1.39. The van der Waals surface area contributed by atoms with Crippen LogP contribution in [0.25, 0.3) is 0 Å². The van der Waals surface area contributed by atoms with E-state index in [9.17, 15) is 19.3 Å². The molecule has 1 aromatic rings. The van der Waals surface area contributed by atoms with E-state index in [-0.39, 0.29) is 12.4 Å². The first-order valence-corrected chi connectivity index (χ1v) is 5.55. The number of hydrogen-bond acceptors (Lipinski definition) is 5. The van der Waals surface area contributed by atoms with Crippen LogP contribution in [0.3, 0.4) is 0 Å². The molecule has 104 valence electrons. The summed E-state index contributed by atoms with van der Waals surface area (Å²) in [6.45, 7) is 2.23. The second kappa shape index (κ2) is 6.64. The first-order valence-electron chi connectivity index (χ1n) is 5.55. The van der Waals surface area contributed by atoms with Gasteiger partial charge < -0.3 is 15.8 Å². The molecular weight excluding hydrogens is 257 g/mol. The van der Waals surface area contributed by atoms with Crippen LogP contribution in [0.15, 0.2) is 18.2 Å². The Morgan fingerprint density at radius 2 is 2.32 bits per heavy atom. The molecule has 0 aliphatic carbocycles. The average molecular weight is 271 g/mol. The smallest absolute Gasteiger partial charge is 0.305 e. The van der Waals surface area contributed by atoms with Gasteiger partial charge in [-0.05, 0) is 12.6 Å². The highest BCUT2D eigenvalue weighted by Gasteiger charge is 2.17. The summed E-state index contributed by atoms with van der Waals surface area (Å²) >= 11 is 0. The van der Waals surface area contributed by atoms with Crippen molar-refractivity contribution in [3.8, 4) is 5.75 Å². The predicted octanol–water partition coefficient (Wildman–Crippen LogP) is 0.576. The average Bonchev–Trinajstić information content (AvgIpc) is 2.33. The number of nitro benzene ring substituents is 1. The van der Waals surface area contributed by atoms with Crippen LogP contribution in [0.4, 0.5) is 10.1 Å². The first-order chi connectivity index (χ1) is 8.95. The van der Waals surface area contributed by atoms with E-state index in [2.05, 4.69) is 5.32 Å². The molecule has 1 amide bonds. The van der Waals surface area contributed by atoms with Crippen LogP contribution in [-0.4, -0.2) is 30.0 Å². The quantitative estimate of drug-likeness (QED) is 0.557. The number of nitro groups is 1. The second-order valence-electron chi connectivity index (χ2n) is 3.69. The maximum atomic E-state index is 13.3. The van der Waals surface area contributed by atoms with E-state index in [1.807, 2.05) is 0 Å². The third-order valence-electron chi connectivity index (χ3n) is 2.33. The summed E-state index contributed by atoms with van der Waals surface area (Å²) in [4.78, 5) is 20.6. The number of hydrogen-bond donors (Lipinski definition) is 2. The first kappa shape index (κ1) is 14.8. The minimum Gasteiger partial charge on any atom is -0.491 e. The maximum Gasteiger partial charge on any atom is 0.305 e. The minimum atomic E-state index is -0.999. The van der Waals surface area contributed by atoms with Crippen LogP contribution in [-0.2, 0) is 4.79 Å². The molecule has 1 atom stereocenters. The Labute approximate surface area is 108 Å². The van der Waals surface area contributed by atoms with E-state index >= 15 is 0 Å². The highest BCUT2D eigenvalue weighted by Crippen LogP contribution is 2.22. The van der Waals surface area contributed by atoms with Crippen molar-refractivity contribution >= 4 is 11.6 Å². The number of nitrogens with zero attached hydrogens (tertiary/aromatic N) is 1. The summed E-state index contributed by atoms with van der Waals surface area (Å²) < 4.78 is 18.5. The van der Waals surface area contributed by atoms with E-state index in [4.69, 9.17) is 10.5 Å². The van der Waals surface area contributed by atoms with Gasteiger partial charge in [0.15, 0.2) is 0 Å². The van der Waals surface area contributed by atoms with Crippen molar-refractivity contribution in [3.63, 3.8) is 0 Å². The number of nitrogens with two attached hydrogens (primary N) is 1. The molecule has 0 fully saturated rings. The van der Waals surface area contributed by atoms with Crippen LogP contribution in [0.2, 0.25) is 0 Å². The Balaban J connectivity index is 2.70. The third-order valence-corrected chi connectivity index (χ3v) is 2.33. The lowest BCUT2D eigenvalue weighted by Crippen LogP contribution is -2.45. The number of carbonyl (C=O) groups excluding carboxylic acids is 1. The Bertz CT molecular complexity index is 481. The van der Waals surface area contributed by atoms with Gasteiger partial charge in [0.2, 0.25) is 11.7 Å². The fourth-order valence-corrected chi connectivity index (χ4v) is 1.39. The second-order valence-corrected chi connectivity index (χ2v) is 3.69. The molecule has 0 aliphatic heterocycles. The summed E-state index contributed by atoms with van der Waals surface area (Å²) in [7, 11) is 0. The summed E-state index contributed by atoms with van der Waals surface area (Å²) in [6.07, 6.45) is 0. The number of ether oxygens (including phenoxy) is 1. The van der Waals surface area contributed by atoms with Gasteiger partial charge in [0, 0.05) is 12.1 Å². The molecule has 0 heterocycles. The third kappa shape index (κ3) is 4.18. The summed E-state index contributed by atoms with van der Waals surface area (Å²) in [5.74, 6) is -1.50. The molecular formula is C11H14FN3O4. The summed E-state index contributed by atoms with van der Waals surface area (Å²) in [5.41, 5.74) is 4.50. The lowest BCUT2D eigenvalue weighted by molar-refractivity contribution is -0.387. The van der Waals surface area contributed by atoms with Gasteiger partial charge in [-0.3, -0.25) is 14.9 Å². The molecule has 0 radical (unpaired) electrons. The largest absolute Gasteiger partial charge is 0.491 e. The van der Waals surface area contributed by atoms with Gasteiger partial charge in [-0.2, -0.15) is 4.39 Å². The number of rotatable bonds is 7. The topological polar surface area (TPSA) is 107 Å². The number of amides is 1. The molecule has 0 saturated carbocycles.